The Morgan fingerprint density at radius 3 is 2.69 bits per heavy atom. The van der Waals surface area contributed by atoms with Crippen LogP contribution >= 0.6 is 0 Å². The average Bonchev–Trinajstić information content (AvgIpc) is 2.59. The van der Waals surface area contributed by atoms with Crippen LogP contribution < -0.4 is 4.74 Å². The molecule has 0 radical (unpaired) electrons. The van der Waals surface area contributed by atoms with Gasteiger partial charge in [-0.05, 0) is 30.5 Å². The molecule has 0 spiro atoms. The maximum atomic E-state index is 13.1. The summed E-state index contributed by atoms with van der Waals surface area (Å²) in [5.74, 6) is -2.85. The highest BCUT2D eigenvalue weighted by Crippen LogP contribution is 2.46. The molecule has 2 rings (SSSR count). The van der Waals surface area contributed by atoms with Crippen LogP contribution in [0, 0.1) is 5.82 Å². The van der Waals surface area contributed by atoms with Gasteiger partial charge in [0, 0.05) is 18.4 Å². The Kier molecular flexibility index (Phi) is 2.82. The van der Waals surface area contributed by atoms with E-state index in [1.54, 1.807) is 0 Å². The molecule has 1 aromatic carbocycles. The van der Waals surface area contributed by atoms with Crippen molar-refractivity contribution in [1.82, 2.24) is 0 Å². The van der Waals surface area contributed by atoms with Gasteiger partial charge in [-0.25, -0.2) is 13.2 Å². The van der Waals surface area contributed by atoms with Crippen molar-refractivity contribution in [2.45, 2.75) is 31.1 Å². The first-order valence-corrected chi connectivity index (χ1v) is 5.23. The van der Waals surface area contributed by atoms with Crippen LogP contribution in [0.4, 0.5) is 13.2 Å². The van der Waals surface area contributed by atoms with Crippen molar-refractivity contribution < 1.29 is 17.9 Å². The van der Waals surface area contributed by atoms with Gasteiger partial charge in [-0.3, -0.25) is 0 Å². The van der Waals surface area contributed by atoms with E-state index in [1.807, 2.05) is 0 Å². The minimum absolute atomic E-state index is 0.128. The molecule has 0 heterocycles. The molecule has 0 bridgehead atoms. The van der Waals surface area contributed by atoms with E-state index in [-0.39, 0.29) is 18.8 Å². The summed E-state index contributed by atoms with van der Waals surface area (Å²) >= 11 is 0. The SMILES string of the molecule is COc1ccc(F)cc1C1CCC(F)(F)C1. The number of ether oxygens (including phenoxy) is 1. The van der Waals surface area contributed by atoms with Crippen molar-refractivity contribution >= 4 is 0 Å². The largest absolute Gasteiger partial charge is 0.496 e. The van der Waals surface area contributed by atoms with Crippen LogP contribution in [-0.4, -0.2) is 13.0 Å². The highest BCUT2D eigenvalue weighted by molar-refractivity contribution is 5.37. The molecular formula is C12H13F3O. The molecule has 0 aliphatic heterocycles. The zero-order valence-electron chi connectivity index (χ0n) is 8.97. The first-order chi connectivity index (χ1) is 7.52. The summed E-state index contributed by atoms with van der Waals surface area (Å²) < 4.78 is 44.3. The summed E-state index contributed by atoms with van der Waals surface area (Å²) in [6.45, 7) is 0. The Labute approximate surface area is 92.2 Å². The highest BCUT2D eigenvalue weighted by Gasteiger charge is 2.40. The fourth-order valence-electron chi connectivity index (χ4n) is 2.24. The first-order valence-electron chi connectivity index (χ1n) is 5.23. The van der Waals surface area contributed by atoms with Gasteiger partial charge in [-0.15, -0.1) is 0 Å². The molecular weight excluding hydrogens is 217 g/mol. The number of benzene rings is 1. The predicted molar refractivity (Wildman–Crippen MR) is 54.5 cm³/mol. The van der Waals surface area contributed by atoms with Crippen LogP contribution in [0.25, 0.3) is 0 Å². The first kappa shape index (κ1) is 11.3. The van der Waals surface area contributed by atoms with E-state index < -0.39 is 11.7 Å². The zero-order chi connectivity index (χ0) is 11.8. The van der Waals surface area contributed by atoms with Crippen molar-refractivity contribution in [3.63, 3.8) is 0 Å². The Balaban J connectivity index is 2.30. The monoisotopic (exact) mass is 230 g/mol. The highest BCUT2D eigenvalue weighted by atomic mass is 19.3. The van der Waals surface area contributed by atoms with Gasteiger partial charge in [0.25, 0.3) is 0 Å². The van der Waals surface area contributed by atoms with Crippen molar-refractivity contribution in [3.05, 3.63) is 29.6 Å². The van der Waals surface area contributed by atoms with Gasteiger partial charge in [-0.2, -0.15) is 0 Å². The van der Waals surface area contributed by atoms with E-state index >= 15 is 0 Å². The third-order valence-electron chi connectivity index (χ3n) is 3.04. The van der Waals surface area contributed by atoms with Crippen LogP contribution in [0.15, 0.2) is 18.2 Å². The van der Waals surface area contributed by atoms with Crippen molar-refractivity contribution in [2.75, 3.05) is 7.11 Å². The normalized spacial score (nSPS) is 23.4. The third-order valence-corrected chi connectivity index (χ3v) is 3.04. The summed E-state index contributed by atoms with van der Waals surface area (Å²) in [5, 5.41) is 0. The summed E-state index contributed by atoms with van der Waals surface area (Å²) in [6, 6.07) is 4.06. The lowest BCUT2D eigenvalue weighted by Gasteiger charge is -2.14. The summed E-state index contributed by atoms with van der Waals surface area (Å²) in [7, 11) is 1.46. The van der Waals surface area contributed by atoms with E-state index in [2.05, 4.69) is 0 Å². The average molecular weight is 230 g/mol. The number of rotatable bonds is 2. The Morgan fingerprint density at radius 2 is 2.12 bits per heavy atom. The van der Waals surface area contributed by atoms with E-state index in [1.165, 1.54) is 25.3 Å². The number of hydrogen-bond donors (Lipinski definition) is 0. The second-order valence-corrected chi connectivity index (χ2v) is 4.18. The third kappa shape index (κ3) is 2.15. The van der Waals surface area contributed by atoms with E-state index in [4.69, 9.17) is 4.74 Å². The predicted octanol–water partition coefficient (Wildman–Crippen LogP) is 3.74. The standard InChI is InChI=1S/C12H13F3O/c1-16-11-3-2-9(13)6-10(11)8-4-5-12(14,15)7-8/h2-3,6,8H,4-5,7H2,1H3. The Hall–Kier alpha value is -1.19. The summed E-state index contributed by atoms with van der Waals surface area (Å²) in [5.41, 5.74) is 0.555. The fraction of sp³-hybridized carbons (Fsp3) is 0.500. The second-order valence-electron chi connectivity index (χ2n) is 4.18. The topological polar surface area (TPSA) is 9.23 Å². The summed E-state index contributed by atoms with van der Waals surface area (Å²) in [6.07, 6.45) is 0.0387. The van der Waals surface area contributed by atoms with Gasteiger partial charge in [0.05, 0.1) is 7.11 Å². The quantitative estimate of drug-likeness (QED) is 0.752. The minimum Gasteiger partial charge on any atom is -0.496 e. The molecule has 1 aliphatic carbocycles. The Bertz CT molecular complexity index is 390. The second kappa shape index (κ2) is 4.00. The lowest BCUT2D eigenvalue weighted by molar-refractivity contribution is 0.00771. The van der Waals surface area contributed by atoms with Crippen LogP contribution in [0.3, 0.4) is 0 Å². The van der Waals surface area contributed by atoms with Gasteiger partial charge in [0.15, 0.2) is 0 Å². The number of methoxy groups -OCH3 is 1. The Morgan fingerprint density at radius 1 is 1.38 bits per heavy atom. The van der Waals surface area contributed by atoms with Crippen LogP contribution in [0.1, 0.15) is 30.7 Å². The maximum absolute atomic E-state index is 13.1. The molecule has 1 aliphatic rings. The molecule has 4 heteroatoms. The van der Waals surface area contributed by atoms with Crippen LogP contribution in [0.5, 0.6) is 5.75 Å². The lowest BCUT2D eigenvalue weighted by atomic mass is 9.96. The van der Waals surface area contributed by atoms with E-state index in [0.29, 0.717) is 17.7 Å². The maximum Gasteiger partial charge on any atom is 0.248 e. The molecule has 1 saturated carbocycles. The van der Waals surface area contributed by atoms with Gasteiger partial charge in [-0.1, -0.05) is 0 Å². The molecule has 1 atom stereocenters. The zero-order valence-corrected chi connectivity index (χ0v) is 8.97. The molecule has 0 N–H and O–H groups in total. The summed E-state index contributed by atoms with van der Waals surface area (Å²) in [4.78, 5) is 0. The lowest BCUT2D eigenvalue weighted by Crippen LogP contribution is -2.09. The van der Waals surface area contributed by atoms with Crippen molar-refractivity contribution in [2.24, 2.45) is 0 Å². The van der Waals surface area contributed by atoms with E-state index in [0.717, 1.165) is 0 Å². The number of alkyl halides is 2. The molecule has 0 aromatic heterocycles. The van der Waals surface area contributed by atoms with E-state index in [9.17, 15) is 13.2 Å². The number of halogens is 3. The van der Waals surface area contributed by atoms with Gasteiger partial charge in [0.2, 0.25) is 5.92 Å². The molecule has 0 saturated heterocycles. The molecule has 1 unspecified atom stereocenters. The fourth-order valence-corrected chi connectivity index (χ4v) is 2.24. The van der Waals surface area contributed by atoms with Crippen molar-refractivity contribution in [1.29, 1.82) is 0 Å². The smallest absolute Gasteiger partial charge is 0.248 e. The van der Waals surface area contributed by atoms with Crippen LogP contribution in [-0.2, 0) is 0 Å². The van der Waals surface area contributed by atoms with Crippen molar-refractivity contribution in [3.8, 4) is 5.75 Å². The molecule has 1 nitrogen and oxygen atoms in total. The molecule has 1 fully saturated rings. The molecule has 0 amide bonds. The van der Waals surface area contributed by atoms with Gasteiger partial charge >= 0.3 is 0 Å². The molecule has 1 aromatic rings. The van der Waals surface area contributed by atoms with Gasteiger partial charge < -0.3 is 4.74 Å². The molecule has 88 valence electrons. The molecule has 16 heavy (non-hydrogen) atoms. The van der Waals surface area contributed by atoms with Gasteiger partial charge in [0.1, 0.15) is 11.6 Å². The number of hydrogen-bond acceptors (Lipinski definition) is 1. The van der Waals surface area contributed by atoms with Crippen LogP contribution in [0.2, 0.25) is 0 Å². The minimum atomic E-state index is -2.62.